The third-order valence-electron chi connectivity index (χ3n) is 2.03. The summed E-state index contributed by atoms with van der Waals surface area (Å²) in [6, 6.07) is 0. The first-order valence-electron chi connectivity index (χ1n) is 4.01. The van der Waals surface area contributed by atoms with Gasteiger partial charge >= 0.3 is 0 Å². The van der Waals surface area contributed by atoms with Gasteiger partial charge in [-0.15, -0.1) is 0 Å². The Hall–Kier alpha value is -0.860. The number of hydrogen-bond donors (Lipinski definition) is 0. The summed E-state index contributed by atoms with van der Waals surface area (Å²) in [5, 5.41) is 0. The van der Waals surface area contributed by atoms with Crippen molar-refractivity contribution in [1.82, 2.24) is 4.90 Å². The second-order valence-electron chi connectivity index (χ2n) is 2.91. The molecule has 0 aromatic rings. The Kier molecular flexibility index (Phi) is 2.63. The van der Waals surface area contributed by atoms with E-state index in [4.69, 9.17) is 0 Å². The summed E-state index contributed by atoms with van der Waals surface area (Å²) >= 11 is 0. The molecule has 0 N–H and O–H groups in total. The number of imide groups is 1. The van der Waals surface area contributed by atoms with Gasteiger partial charge in [-0.2, -0.15) is 0 Å². The lowest BCUT2D eigenvalue weighted by Gasteiger charge is -2.17. The van der Waals surface area contributed by atoms with E-state index in [0.29, 0.717) is 12.8 Å². The van der Waals surface area contributed by atoms with Gasteiger partial charge in [-0.05, 0) is 12.8 Å². The molecule has 0 atom stereocenters. The smallest absolute Gasteiger partial charge is 0.228 e. The van der Waals surface area contributed by atoms with Crippen molar-refractivity contribution in [3.63, 3.8) is 0 Å². The van der Waals surface area contributed by atoms with E-state index in [2.05, 4.69) is 0 Å². The van der Waals surface area contributed by atoms with Crippen molar-refractivity contribution in [2.24, 2.45) is 0 Å². The Morgan fingerprint density at radius 2 is 1.45 bits per heavy atom. The van der Waals surface area contributed by atoms with Gasteiger partial charge < -0.3 is 0 Å². The van der Waals surface area contributed by atoms with Gasteiger partial charge in [0, 0.05) is 19.9 Å². The van der Waals surface area contributed by atoms with Gasteiger partial charge in [-0.1, -0.05) is 6.42 Å². The molecule has 0 spiro atoms. The molecule has 2 amide bonds. The van der Waals surface area contributed by atoms with Crippen LogP contribution in [0.15, 0.2) is 0 Å². The Balaban J connectivity index is 2.56. The van der Waals surface area contributed by atoms with Gasteiger partial charge in [0.2, 0.25) is 11.8 Å². The first-order valence-corrected chi connectivity index (χ1v) is 4.01. The van der Waals surface area contributed by atoms with Crippen LogP contribution in [0.2, 0.25) is 0 Å². The minimum atomic E-state index is -0.0327. The van der Waals surface area contributed by atoms with E-state index in [0.717, 1.165) is 19.3 Å². The van der Waals surface area contributed by atoms with E-state index < -0.39 is 0 Å². The molecule has 0 radical (unpaired) electrons. The van der Waals surface area contributed by atoms with Crippen molar-refractivity contribution in [2.45, 2.75) is 32.1 Å². The van der Waals surface area contributed by atoms with Crippen LogP contribution < -0.4 is 0 Å². The van der Waals surface area contributed by atoms with Crippen LogP contribution in [-0.2, 0) is 9.59 Å². The number of rotatable bonds is 0. The second-order valence-corrected chi connectivity index (χ2v) is 2.91. The Morgan fingerprint density at radius 3 is 1.91 bits per heavy atom. The van der Waals surface area contributed by atoms with E-state index in [9.17, 15) is 9.59 Å². The van der Waals surface area contributed by atoms with Crippen LogP contribution in [0.3, 0.4) is 0 Å². The first-order chi connectivity index (χ1) is 5.22. The van der Waals surface area contributed by atoms with Gasteiger partial charge in [0.25, 0.3) is 0 Å². The maximum absolute atomic E-state index is 11.1. The standard InChI is InChI=1S/C8H13NO2/c1-9-7(10)5-3-2-4-6-8(9)11/h2-6H2,1H3. The quantitative estimate of drug-likeness (QED) is 0.488. The summed E-state index contributed by atoms with van der Waals surface area (Å²) in [4.78, 5) is 23.4. The topological polar surface area (TPSA) is 37.4 Å². The van der Waals surface area contributed by atoms with E-state index in [-0.39, 0.29) is 11.8 Å². The minimum Gasteiger partial charge on any atom is -0.286 e. The van der Waals surface area contributed by atoms with Crippen LogP contribution in [0.5, 0.6) is 0 Å². The first kappa shape index (κ1) is 8.24. The average Bonchev–Trinajstić information content (AvgIpc) is 2.00. The summed E-state index contributed by atoms with van der Waals surface area (Å²) in [6.45, 7) is 0. The number of hydrogen-bond acceptors (Lipinski definition) is 2. The molecule has 3 heteroatoms. The summed E-state index contributed by atoms with van der Waals surface area (Å²) < 4.78 is 0. The second kappa shape index (κ2) is 3.51. The Labute approximate surface area is 66.4 Å². The fourth-order valence-electron chi connectivity index (χ4n) is 1.20. The molecule has 0 bridgehead atoms. The van der Waals surface area contributed by atoms with Crippen LogP contribution in [-0.4, -0.2) is 23.8 Å². The van der Waals surface area contributed by atoms with Crippen molar-refractivity contribution < 1.29 is 9.59 Å². The molecule has 1 fully saturated rings. The Morgan fingerprint density at radius 1 is 1.00 bits per heavy atom. The third kappa shape index (κ3) is 2.03. The summed E-state index contributed by atoms with van der Waals surface area (Å²) in [6.07, 6.45) is 3.92. The van der Waals surface area contributed by atoms with Crippen LogP contribution in [0.4, 0.5) is 0 Å². The molecular weight excluding hydrogens is 142 g/mol. The fourth-order valence-corrected chi connectivity index (χ4v) is 1.20. The van der Waals surface area contributed by atoms with Crippen molar-refractivity contribution in [2.75, 3.05) is 7.05 Å². The number of nitrogens with zero attached hydrogens (tertiary/aromatic N) is 1. The van der Waals surface area contributed by atoms with Gasteiger partial charge in [0.15, 0.2) is 0 Å². The molecule has 0 unspecified atom stereocenters. The third-order valence-corrected chi connectivity index (χ3v) is 2.03. The van der Waals surface area contributed by atoms with E-state index in [1.54, 1.807) is 7.05 Å². The van der Waals surface area contributed by atoms with Gasteiger partial charge in [-0.3, -0.25) is 14.5 Å². The lowest BCUT2D eigenvalue weighted by molar-refractivity contribution is -0.143. The molecule has 11 heavy (non-hydrogen) atoms. The summed E-state index contributed by atoms with van der Waals surface area (Å²) in [5.74, 6) is -0.0654. The van der Waals surface area contributed by atoms with E-state index in [1.807, 2.05) is 0 Å². The van der Waals surface area contributed by atoms with Crippen LogP contribution in [0, 0.1) is 0 Å². The van der Waals surface area contributed by atoms with Gasteiger partial charge in [0.05, 0.1) is 0 Å². The predicted octanol–water partition coefficient (Wildman–Crippen LogP) is 0.935. The molecular formula is C8H13NO2. The fraction of sp³-hybridized carbons (Fsp3) is 0.750. The molecule has 3 nitrogen and oxygen atoms in total. The molecule has 0 aromatic carbocycles. The van der Waals surface area contributed by atoms with E-state index in [1.165, 1.54) is 4.90 Å². The predicted molar refractivity (Wildman–Crippen MR) is 40.9 cm³/mol. The molecule has 1 aliphatic rings. The molecule has 0 aliphatic carbocycles. The molecule has 1 heterocycles. The zero-order valence-corrected chi connectivity index (χ0v) is 6.80. The van der Waals surface area contributed by atoms with Crippen LogP contribution in [0.25, 0.3) is 0 Å². The number of likely N-dealkylation sites (tertiary alicyclic amines) is 1. The molecule has 0 saturated carbocycles. The largest absolute Gasteiger partial charge is 0.286 e. The Bertz CT molecular complexity index is 159. The monoisotopic (exact) mass is 155 g/mol. The number of carbonyl (C=O) groups excluding carboxylic acids is 2. The van der Waals surface area contributed by atoms with Crippen LogP contribution in [0.1, 0.15) is 32.1 Å². The highest BCUT2D eigenvalue weighted by molar-refractivity contribution is 5.95. The highest BCUT2D eigenvalue weighted by Crippen LogP contribution is 2.10. The summed E-state index contributed by atoms with van der Waals surface area (Å²) in [5.41, 5.74) is 0. The van der Waals surface area contributed by atoms with E-state index >= 15 is 0 Å². The van der Waals surface area contributed by atoms with Crippen molar-refractivity contribution in [3.8, 4) is 0 Å². The summed E-state index contributed by atoms with van der Waals surface area (Å²) in [7, 11) is 1.57. The molecule has 1 aliphatic heterocycles. The highest BCUT2D eigenvalue weighted by Gasteiger charge is 2.17. The zero-order valence-electron chi connectivity index (χ0n) is 6.80. The number of carbonyl (C=O) groups is 2. The molecule has 0 aromatic heterocycles. The lowest BCUT2D eigenvalue weighted by atomic mass is 10.1. The van der Waals surface area contributed by atoms with Crippen LogP contribution >= 0.6 is 0 Å². The SMILES string of the molecule is CN1C(=O)CCCCCC1=O. The van der Waals surface area contributed by atoms with Gasteiger partial charge in [-0.25, -0.2) is 0 Å². The minimum absolute atomic E-state index is 0.0327. The maximum atomic E-state index is 11.1. The highest BCUT2D eigenvalue weighted by atomic mass is 16.2. The van der Waals surface area contributed by atoms with Crippen molar-refractivity contribution in [3.05, 3.63) is 0 Å². The zero-order chi connectivity index (χ0) is 8.27. The average molecular weight is 155 g/mol. The lowest BCUT2D eigenvalue weighted by Crippen LogP contribution is -2.33. The molecule has 62 valence electrons. The molecule has 1 rings (SSSR count). The molecule has 1 saturated heterocycles. The van der Waals surface area contributed by atoms with Crippen molar-refractivity contribution in [1.29, 1.82) is 0 Å². The van der Waals surface area contributed by atoms with Gasteiger partial charge in [0.1, 0.15) is 0 Å². The maximum Gasteiger partial charge on any atom is 0.228 e. The number of amides is 2. The van der Waals surface area contributed by atoms with Crippen molar-refractivity contribution >= 4 is 11.8 Å². The normalized spacial score (nSPS) is 21.4.